The van der Waals surface area contributed by atoms with Crippen LogP contribution in [0, 0.1) is 0 Å². The Labute approximate surface area is 201 Å². The number of rotatable bonds is 19. The molecule has 5 N–H and O–H groups in total. The van der Waals surface area contributed by atoms with Crippen molar-refractivity contribution >= 4 is 24.2 Å². The number of aliphatic carboxylic acids is 1. The molecule has 0 amide bonds. The molecule has 4 unspecified atom stereocenters. The Bertz CT molecular complexity index is 699. The Morgan fingerprint density at radius 2 is 1.61 bits per heavy atom. The molecule has 0 fully saturated rings. The van der Waals surface area contributed by atoms with Gasteiger partial charge in [0, 0.05) is 17.4 Å². The van der Waals surface area contributed by atoms with Crippen LogP contribution in [0.5, 0.6) is 0 Å². The largest absolute Gasteiger partial charge is 0.481 e. The molecule has 0 saturated heterocycles. The lowest BCUT2D eigenvalue weighted by Gasteiger charge is -2.19. The Morgan fingerprint density at radius 3 is 2.24 bits per heavy atom. The van der Waals surface area contributed by atoms with Gasteiger partial charge in [-0.2, -0.15) is 0 Å². The molecule has 8 heteroatoms. The van der Waals surface area contributed by atoms with E-state index in [1.165, 1.54) is 11.8 Å². The number of aliphatic hydroxyl groups is 2. The lowest BCUT2D eigenvalue weighted by atomic mass is 10.1. The van der Waals surface area contributed by atoms with E-state index in [4.69, 9.17) is 10.8 Å². The minimum Gasteiger partial charge on any atom is -0.481 e. The van der Waals surface area contributed by atoms with Crippen LogP contribution >= 0.6 is 11.8 Å². The summed E-state index contributed by atoms with van der Waals surface area (Å²) in [5.74, 6) is -0.546. The zero-order chi connectivity index (χ0) is 24.7. The molecule has 0 bridgehead atoms. The molecule has 33 heavy (non-hydrogen) atoms. The average Bonchev–Trinajstić information content (AvgIpc) is 2.77. The Kier molecular flexibility index (Phi) is 19.9. The smallest absolute Gasteiger partial charge is 0.303 e. The standard InChI is InChI=1S/C25H37NO6S/c1-2-3-9-14-21(28)15-10-6-4-5-7-12-17-23(33-19-24(26)32-20-27)22(29)16-11-8-13-18-25(30)31/h3-12,15,17,20-24,28-29H,2,13-14,16,18-19,26H2,1H3,(H,30,31)/b6-4-,7-5+,9-3-,11-8-,15-10+,17-12+. The van der Waals surface area contributed by atoms with Gasteiger partial charge in [0.1, 0.15) is 0 Å². The molecule has 0 radical (unpaired) electrons. The molecule has 0 rings (SSSR count). The Hall–Kier alpha value is -2.39. The fourth-order valence-electron chi connectivity index (χ4n) is 2.41. The highest BCUT2D eigenvalue weighted by Crippen LogP contribution is 2.20. The predicted molar refractivity (Wildman–Crippen MR) is 135 cm³/mol. The van der Waals surface area contributed by atoms with Gasteiger partial charge in [-0.15, -0.1) is 11.8 Å². The quantitative estimate of drug-likeness (QED) is 0.0956. The van der Waals surface area contributed by atoms with Gasteiger partial charge in [0.05, 0.1) is 12.2 Å². The van der Waals surface area contributed by atoms with Crippen molar-refractivity contribution < 1.29 is 29.6 Å². The molecule has 0 saturated carbocycles. The van der Waals surface area contributed by atoms with E-state index < -0.39 is 24.4 Å². The summed E-state index contributed by atoms with van der Waals surface area (Å²) in [7, 11) is 0. The van der Waals surface area contributed by atoms with E-state index in [2.05, 4.69) is 4.74 Å². The number of hydrogen-bond donors (Lipinski definition) is 4. The summed E-state index contributed by atoms with van der Waals surface area (Å²) in [5.41, 5.74) is 5.68. The summed E-state index contributed by atoms with van der Waals surface area (Å²) < 4.78 is 4.68. The van der Waals surface area contributed by atoms with Crippen molar-refractivity contribution in [2.24, 2.45) is 5.73 Å². The van der Waals surface area contributed by atoms with Gasteiger partial charge in [0.15, 0.2) is 6.23 Å². The predicted octanol–water partition coefficient (Wildman–Crippen LogP) is 3.66. The molecule has 4 atom stereocenters. The van der Waals surface area contributed by atoms with E-state index in [1.54, 1.807) is 30.4 Å². The minimum atomic E-state index is -0.864. The second-order valence-corrected chi connectivity index (χ2v) is 8.21. The number of nitrogens with two attached hydrogens (primary N) is 1. The zero-order valence-electron chi connectivity index (χ0n) is 19.1. The fourth-order valence-corrected chi connectivity index (χ4v) is 3.44. The van der Waals surface area contributed by atoms with Crippen molar-refractivity contribution in [3.8, 4) is 0 Å². The molecule has 0 aliphatic rings. The van der Waals surface area contributed by atoms with Crippen molar-refractivity contribution in [1.82, 2.24) is 0 Å². The van der Waals surface area contributed by atoms with Crippen molar-refractivity contribution in [1.29, 1.82) is 0 Å². The van der Waals surface area contributed by atoms with Crippen LogP contribution in [0.25, 0.3) is 0 Å². The van der Waals surface area contributed by atoms with Crippen molar-refractivity contribution in [2.45, 2.75) is 62.7 Å². The van der Waals surface area contributed by atoms with Gasteiger partial charge in [-0.3, -0.25) is 15.3 Å². The molecule has 0 aromatic rings. The first kappa shape index (κ1) is 30.6. The number of thioether (sulfide) groups is 1. The van der Waals surface area contributed by atoms with Crippen molar-refractivity contribution in [2.75, 3.05) is 5.75 Å². The SMILES string of the molecule is CC/C=C\CC(O)/C=C/C=C\C=C\C=C\C(SCC(N)OC=O)C(O)C/C=C\CCC(=O)O. The number of allylic oxidation sites excluding steroid dienone is 8. The van der Waals surface area contributed by atoms with Crippen LogP contribution in [0.1, 0.15) is 39.0 Å². The average molecular weight is 480 g/mol. The highest BCUT2D eigenvalue weighted by molar-refractivity contribution is 8.00. The maximum Gasteiger partial charge on any atom is 0.303 e. The molecule has 0 aromatic heterocycles. The Morgan fingerprint density at radius 1 is 0.970 bits per heavy atom. The van der Waals surface area contributed by atoms with Gasteiger partial charge < -0.3 is 20.1 Å². The third kappa shape index (κ3) is 20.0. The highest BCUT2D eigenvalue weighted by Gasteiger charge is 2.17. The van der Waals surface area contributed by atoms with Gasteiger partial charge in [-0.25, -0.2) is 0 Å². The number of carboxylic acids is 1. The molecular weight excluding hydrogens is 442 g/mol. The van der Waals surface area contributed by atoms with E-state index in [9.17, 15) is 19.8 Å². The van der Waals surface area contributed by atoms with Gasteiger partial charge in [0.25, 0.3) is 6.47 Å². The third-order valence-electron chi connectivity index (χ3n) is 4.10. The molecule has 0 aliphatic carbocycles. The van der Waals surface area contributed by atoms with E-state index in [1.807, 2.05) is 49.5 Å². The normalized spacial score (nSPS) is 16.5. The van der Waals surface area contributed by atoms with E-state index >= 15 is 0 Å². The summed E-state index contributed by atoms with van der Waals surface area (Å²) in [4.78, 5) is 20.9. The van der Waals surface area contributed by atoms with Crippen molar-refractivity contribution in [3.63, 3.8) is 0 Å². The molecule has 0 aromatic carbocycles. The maximum atomic E-state index is 10.5. The lowest BCUT2D eigenvalue weighted by molar-refractivity contribution is -0.137. The molecular formula is C25H37NO6S. The summed E-state index contributed by atoms with van der Waals surface area (Å²) in [6.07, 6.45) is 22.3. The van der Waals surface area contributed by atoms with Crippen LogP contribution in [-0.4, -0.2) is 57.2 Å². The molecule has 0 aliphatic heterocycles. The van der Waals surface area contributed by atoms with Crippen LogP contribution < -0.4 is 5.73 Å². The topological polar surface area (TPSA) is 130 Å². The lowest BCUT2D eigenvalue weighted by Crippen LogP contribution is -2.29. The number of carboxylic acid groups (broad SMARTS) is 1. The number of aliphatic hydroxyl groups excluding tert-OH is 2. The first-order valence-electron chi connectivity index (χ1n) is 10.9. The van der Waals surface area contributed by atoms with Crippen LogP contribution in [0.4, 0.5) is 0 Å². The van der Waals surface area contributed by atoms with Gasteiger partial charge in [0.2, 0.25) is 0 Å². The van der Waals surface area contributed by atoms with Gasteiger partial charge in [-0.1, -0.05) is 79.8 Å². The Balaban J connectivity index is 4.72. The highest BCUT2D eigenvalue weighted by atomic mass is 32.2. The number of hydrogen-bond acceptors (Lipinski definition) is 7. The minimum absolute atomic E-state index is 0.0466. The van der Waals surface area contributed by atoms with E-state index in [-0.39, 0.29) is 11.7 Å². The summed E-state index contributed by atoms with van der Waals surface area (Å²) in [6, 6.07) is 0. The second kappa shape index (κ2) is 21.5. The van der Waals surface area contributed by atoms with E-state index in [0.717, 1.165) is 6.42 Å². The molecule has 0 spiro atoms. The maximum absolute atomic E-state index is 10.5. The monoisotopic (exact) mass is 479 g/mol. The summed E-state index contributed by atoms with van der Waals surface area (Å²) in [5, 5.41) is 28.6. The second-order valence-electron chi connectivity index (χ2n) is 7.00. The van der Waals surface area contributed by atoms with Crippen LogP contribution in [-0.2, 0) is 14.3 Å². The van der Waals surface area contributed by atoms with Crippen LogP contribution in [0.3, 0.4) is 0 Å². The third-order valence-corrected chi connectivity index (χ3v) is 5.48. The van der Waals surface area contributed by atoms with Crippen LogP contribution in [0.2, 0.25) is 0 Å². The number of carbonyl (C=O) groups excluding carboxylic acids is 1. The summed E-state index contributed by atoms with van der Waals surface area (Å²) in [6.45, 7) is 2.34. The summed E-state index contributed by atoms with van der Waals surface area (Å²) >= 11 is 1.36. The zero-order valence-corrected chi connectivity index (χ0v) is 19.9. The first-order valence-corrected chi connectivity index (χ1v) is 12.0. The van der Waals surface area contributed by atoms with Gasteiger partial charge in [-0.05, 0) is 25.7 Å². The number of carbonyl (C=O) groups is 2. The number of ether oxygens (including phenoxy) is 1. The van der Waals surface area contributed by atoms with Crippen LogP contribution in [0.15, 0.2) is 72.9 Å². The molecule has 7 nitrogen and oxygen atoms in total. The first-order chi connectivity index (χ1) is 15.9. The fraction of sp³-hybridized carbons (Fsp3) is 0.440. The molecule has 0 heterocycles. The molecule has 184 valence electrons. The van der Waals surface area contributed by atoms with Crippen molar-refractivity contribution in [3.05, 3.63) is 72.9 Å². The van der Waals surface area contributed by atoms with E-state index in [0.29, 0.717) is 31.5 Å². The van der Waals surface area contributed by atoms with Gasteiger partial charge >= 0.3 is 5.97 Å².